The van der Waals surface area contributed by atoms with Crippen molar-refractivity contribution in [3.8, 4) is 23.0 Å². The fourth-order valence-corrected chi connectivity index (χ4v) is 6.53. The lowest BCUT2D eigenvalue weighted by atomic mass is 9.69. The Morgan fingerprint density at radius 3 is 2.27 bits per heavy atom. The number of allylic oxidation sites excluding steroid dienone is 1. The van der Waals surface area contributed by atoms with E-state index in [1.165, 1.54) is 44.7 Å². The largest absolute Gasteiger partial charge is 0.493 e. The van der Waals surface area contributed by atoms with E-state index < -0.39 is 34.6 Å². The molecule has 2 aliphatic rings. The number of amides is 2. The van der Waals surface area contributed by atoms with E-state index in [9.17, 15) is 18.8 Å². The van der Waals surface area contributed by atoms with Gasteiger partial charge in [0.05, 0.1) is 25.3 Å². The molecular weight excluding hydrogens is 638 g/mol. The molecule has 4 aromatic rings. The third kappa shape index (κ3) is 6.13. The lowest BCUT2D eigenvalue weighted by Crippen LogP contribution is -2.60. The highest BCUT2D eigenvalue weighted by molar-refractivity contribution is 6.36. The van der Waals surface area contributed by atoms with Crippen LogP contribution in [0.15, 0.2) is 72.6 Å². The first kappa shape index (κ1) is 33.3. The topological polar surface area (TPSA) is 156 Å². The molecule has 49 heavy (non-hydrogen) atoms. The normalized spacial score (nSPS) is 18.4. The molecule has 0 bridgehead atoms. The van der Waals surface area contributed by atoms with Crippen LogP contribution in [0.4, 0.5) is 8.78 Å². The van der Waals surface area contributed by atoms with E-state index in [4.69, 9.17) is 30.4 Å². The minimum absolute atomic E-state index is 0.0256. The monoisotopic (exact) mass is 672 g/mol. The van der Waals surface area contributed by atoms with Crippen LogP contribution in [0.2, 0.25) is 0 Å². The van der Waals surface area contributed by atoms with Crippen LogP contribution in [0.25, 0.3) is 16.5 Å². The molecule has 2 aliphatic heterocycles. The Kier molecular flexibility index (Phi) is 9.20. The third-order valence-electron chi connectivity index (χ3n) is 9.05. The molecule has 1 atom stereocenters. The van der Waals surface area contributed by atoms with Gasteiger partial charge in [0.1, 0.15) is 17.3 Å². The average Bonchev–Trinajstić information content (AvgIpc) is 3.09. The van der Waals surface area contributed by atoms with Crippen LogP contribution in [0.1, 0.15) is 24.0 Å². The second-order valence-corrected chi connectivity index (χ2v) is 11.9. The maximum atomic E-state index is 16.1. The molecule has 2 amide bonds. The third-order valence-corrected chi connectivity index (χ3v) is 9.05. The number of carbonyl (C=O) groups is 3. The number of methoxy groups -OCH3 is 2. The summed E-state index contributed by atoms with van der Waals surface area (Å²) in [5, 5.41) is 0.511. The van der Waals surface area contributed by atoms with E-state index in [1.807, 2.05) is 0 Å². The zero-order valence-electron chi connectivity index (χ0n) is 26.8. The number of Topliss-reactive ketones (excluding diaryl/α,β-unsaturated/α-hetero) is 1. The summed E-state index contributed by atoms with van der Waals surface area (Å²) in [5.41, 5.74) is 10.0. The van der Waals surface area contributed by atoms with E-state index in [1.54, 1.807) is 23.1 Å². The van der Waals surface area contributed by atoms with Crippen LogP contribution in [-0.4, -0.2) is 68.0 Å². The number of hydrogen-bond acceptors (Lipinski definition) is 9. The van der Waals surface area contributed by atoms with Crippen molar-refractivity contribution in [1.82, 2.24) is 9.88 Å². The minimum Gasteiger partial charge on any atom is -0.493 e. The second kappa shape index (κ2) is 13.5. The number of hydrogen-bond donors (Lipinski definition) is 2. The summed E-state index contributed by atoms with van der Waals surface area (Å²) in [5.74, 6) is -3.37. The zero-order valence-corrected chi connectivity index (χ0v) is 26.8. The summed E-state index contributed by atoms with van der Waals surface area (Å²) < 4.78 is 52.3. The summed E-state index contributed by atoms with van der Waals surface area (Å²) in [7, 11) is 2.97. The predicted molar refractivity (Wildman–Crippen MR) is 175 cm³/mol. The molecule has 3 heterocycles. The number of fused-ring (bicyclic) bond motifs is 1. The summed E-state index contributed by atoms with van der Waals surface area (Å²) >= 11 is 0. The summed E-state index contributed by atoms with van der Waals surface area (Å²) in [6, 6.07) is 13.4. The fraction of sp³-hybridized carbons (Fsp3) is 0.278. The van der Waals surface area contributed by atoms with Crippen molar-refractivity contribution in [2.24, 2.45) is 17.4 Å². The Morgan fingerprint density at radius 2 is 1.63 bits per heavy atom. The number of halogens is 2. The van der Waals surface area contributed by atoms with Gasteiger partial charge in [0, 0.05) is 44.0 Å². The number of benzene rings is 3. The van der Waals surface area contributed by atoms with Gasteiger partial charge in [-0.3, -0.25) is 19.4 Å². The average molecular weight is 673 g/mol. The van der Waals surface area contributed by atoms with Crippen LogP contribution in [-0.2, 0) is 24.5 Å². The van der Waals surface area contributed by atoms with Crippen molar-refractivity contribution in [3.63, 3.8) is 0 Å². The zero-order chi connectivity index (χ0) is 34.9. The molecule has 1 unspecified atom stereocenters. The van der Waals surface area contributed by atoms with Crippen molar-refractivity contribution in [3.05, 3.63) is 95.3 Å². The molecular formula is C36H34F2N4O7. The van der Waals surface area contributed by atoms with Crippen molar-refractivity contribution < 1.29 is 42.1 Å². The molecule has 0 spiro atoms. The smallest absolute Gasteiger partial charge is 0.265 e. The SMILES string of the molecule is COc1cc2nccc(Oc3ccc(C4(C(N)=O)CN(CC5CCOCC5)C(C(N)=O)=C(c5ccc(F)cc5)C4=O)cc3F)c2cc1OC. The van der Waals surface area contributed by atoms with Crippen LogP contribution in [0, 0.1) is 17.6 Å². The van der Waals surface area contributed by atoms with Gasteiger partial charge < -0.3 is 35.3 Å². The van der Waals surface area contributed by atoms with Gasteiger partial charge in [0.15, 0.2) is 34.3 Å². The maximum Gasteiger partial charge on any atom is 0.265 e. The number of aromatic nitrogens is 1. The Labute approximate surface area is 280 Å². The van der Waals surface area contributed by atoms with Crippen molar-refractivity contribution in [2.75, 3.05) is 40.5 Å². The number of rotatable bonds is 10. The van der Waals surface area contributed by atoms with E-state index in [-0.39, 0.29) is 52.9 Å². The molecule has 4 N–H and O–H groups in total. The van der Waals surface area contributed by atoms with Crippen molar-refractivity contribution in [1.29, 1.82) is 0 Å². The molecule has 11 nitrogen and oxygen atoms in total. The van der Waals surface area contributed by atoms with Gasteiger partial charge in [-0.2, -0.15) is 0 Å². The number of carbonyl (C=O) groups excluding carboxylic acids is 3. The fourth-order valence-electron chi connectivity index (χ4n) is 6.53. The molecule has 6 rings (SSSR count). The predicted octanol–water partition coefficient (Wildman–Crippen LogP) is 4.25. The van der Waals surface area contributed by atoms with Gasteiger partial charge in [-0.15, -0.1) is 0 Å². The summed E-state index contributed by atoms with van der Waals surface area (Å²) in [6.45, 7) is 0.858. The van der Waals surface area contributed by atoms with Gasteiger partial charge in [-0.05, 0) is 66.3 Å². The van der Waals surface area contributed by atoms with Gasteiger partial charge in [0.25, 0.3) is 5.91 Å². The van der Waals surface area contributed by atoms with Gasteiger partial charge in [0.2, 0.25) is 5.91 Å². The summed E-state index contributed by atoms with van der Waals surface area (Å²) in [4.78, 5) is 47.1. The van der Waals surface area contributed by atoms with Crippen LogP contribution < -0.4 is 25.7 Å². The first-order valence-electron chi connectivity index (χ1n) is 15.5. The Hall–Kier alpha value is -5.56. The molecule has 1 aromatic heterocycles. The Balaban J connectivity index is 1.45. The molecule has 1 saturated heterocycles. The molecule has 13 heteroatoms. The highest BCUT2D eigenvalue weighted by atomic mass is 19.1. The van der Waals surface area contributed by atoms with Gasteiger partial charge in [-0.1, -0.05) is 18.2 Å². The van der Waals surface area contributed by atoms with E-state index >= 15 is 4.39 Å². The van der Waals surface area contributed by atoms with Gasteiger partial charge >= 0.3 is 0 Å². The lowest BCUT2D eigenvalue weighted by Gasteiger charge is -2.44. The van der Waals surface area contributed by atoms with E-state index in [0.29, 0.717) is 48.5 Å². The number of nitrogens with zero attached hydrogens (tertiary/aromatic N) is 2. The first-order chi connectivity index (χ1) is 23.6. The molecule has 1 fully saturated rings. The quantitative estimate of drug-likeness (QED) is 0.235. The highest BCUT2D eigenvalue weighted by Gasteiger charge is 2.54. The van der Waals surface area contributed by atoms with Crippen molar-refractivity contribution in [2.45, 2.75) is 18.3 Å². The number of ketones is 1. The van der Waals surface area contributed by atoms with Gasteiger partial charge in [-0.25, -0.2) is 8.78 Å². The molecule has 254 valence electrons. The lowest BCUT2D eigenvalue weighted by molar-refractivity contribution is -0.134. The van der Waals surface area contributed by atoms with Crippen LogP contribution >= 0.6 is 0 Å². The van der Waals surface area contributed by atoms with Crippen LogP contribution in [0.3, 0.4) is 0 Å². The standard InChI is InChI=1S/C36H34F2N4O7/c1-46-29-16-24-26(17-30(29)47-2)41-12-9-27(24)49-28-8-5-22(15-25(28)38)36(35(40)45)19-42(18-20-10-13-48-14-11-20)32(34(39)44)31(33(36)43)21-3-6-23(37)7-4-21/h3-9,12,15-17,20H,10-11,13-14,18-19H2,1-2H3,(H2,39,44)(H2,40,45). The van der Waals surface area contributed by atoms with E-state index in [0.717, 1.165) is 18.2 Å². The second-order valence-electron chi connectivity index (χ2n) is 11.9. The van der Waals surface area contributed by atoms with Crippen molar-refractivity contribution >= 4 is 34.1 Å². The number of nitrogens with two attached hydrogens (primary N) is 2. The number of pyridine rings is 1. The number of ether oxygens (including phenoxy) is 4. The van der Waals surface area contributed by atoms with Crippen LogP contribution in [0.5, 0.6) is 23.0 Å². The molecule has 3 aromatic carbocycles. The first-order valence-corrected chi connectivity index (χ1v) is 15.5. The molecule has 0 radical (unpaired) electrons. The highest BCUT2D eigenvalue weighted by Crippen LogP contribution is 2.43. The minimum atomic E-state index is -2.15. The van der Waals surface area contributed by atoms with E-state index in [2.05, 4.69) is 4.98 Å². The molecule has 0 aliphatic carbocycles. The summed E-state index contributed by atoms with van der Waals surface area (Å²) in [6.07, 6.45) is 2.81. The Bertz CT molecular complexity index is 1980. The Morgan fingerprint density at radius 1 is 0.939 bits per heavy atom. The number of primary amides is 2. The molecule has 0 saturated carbocycles. The maximum absolute atomic E-state index is 16.1.